The lowest BCUT2D eigenvalue weighted by molar-refractivity contribution is 0.0602. The number of benzene rings is 1. The van der Waals surface area contributed by atoms with Gasteiger partial charge < -0.3 is 10.2 Å². The molecular weight excluding hydrogens is 347 g/mol. The molecule has 2 atom stereocenters. The first-order chi connectivity index (χ1) is 11.0. The third-order valence-corrected chi connectivity index (χ3v) is 4.82. The van der Waals surface area contributed by atoms with E-state index < -0.39 is 0 Å². The minimum Gasteiger partial charge on any atom is -0.333 e. The molecule has 2 heterocycles. The molecule has 3 rings (SSSR count). The average molecular weight is 369 g/mol. The third kappa shape index (κ3) is 3.43. The van der Waals surface area contributed by atoms with Crippen LogP contribution in [0.25, 0.3) is 5.69 Å². The second kappa shape index (κ2) is 7.55. The van der Waals surface area contributed by atoms with E-state index in [2.05, 4.69) is 24.3 Å². The molecule has 0 saturated carbocycles. The molecular formula is C17H22Cl2N4O. The Balaban J connectivity index is 0.00000208. The van der Waals surface area contributed by atoms with Crippen LogP contribution >= 0.6 is 24.0 Å². The molecule has 1 aliphatic heterocycles. The standard InChI is InChI=1S/C17H21ClN4O.ClH/c1-11-12(2)21(8-7-19-11)17(23)16-10-20-22(13(16)3)15-6-4-5-14(18)9-15;/h4-6,9-12,19H,7-8H2,1-3H3;1H. The molecule has 7 heteroatoms. The molecule has 1 amide bonds. The number of nitrogens with zero attached hydrogens (tertiary/aromatic N) is 3. The normalized spacial score (nSPS) is 20.6. The first-order valence-corrected chi connectivity index (χ1v) is 8.21. The molecule has 0 aliphatic carbocycles. The Morgan fingerprint density at radius 2 is 2.12 bits per heavy atom. The lowest BCUT2D eigenvalue weighted by Crippen LogP contribution is -2.57. The highest BCUT2D eigenvalue weighted by atomic mass is 35.5. The topological polar surface area (TPSA) is 50.2 Å². The van der Waals surface area contributed by atoms with Gasteiger partial charge in [-0.1, -0.05) is 17.7 Å². The Kier molecular flexibility index (Phi) is 5.91. The number of carbonyl (C=O) groups is 1. The molecule has 1 saturated heterocycles. The van der Waals surface area contributed by atoms with Crippen LogP contribution < -0.4 is 5.32 Å². The van der Waals surface area contributed by atoms with Gasteiger partial charge in [0.2, 0.25) is 0 Å². The van der Waals surface area contributed by atoms with E-state index in [0.29, 0.717) is 17.1 Å². The summed E-state index contributed by atoms with van der Waals surface area (Å²) in [6.07, 6.45) is 1.65. The summed E-state index contributed by atoms with van der Waals surface area (Å²) in [7, 11) is 0. The van der Waals surface area contributed by atoms with Crippen molar-refractivity contribution in [3.8, 4) is 5.69 Å². The smallest absolute Gasteiger partial charge is 0.257 e. The Morgan fingerprint density at radius 3 is 2.83 bits per heavy atom. The van der Waals surface area contributed by atoms with Crippen LogP contribution in [0.1, 0.15) is 29.9 Å². The molecule has 1 aliphatic rings. The van der Waals surface area contributed by atoms with Gasteiger partial charge in [0.1, 0.15) is 0 Å². The summed E-state index contributed by atoms with van der Waals surface area (Å²) in [6, 6.07) is 7.90. The predicted molar refractivity (Wildman–Crippen MR) is 98.5 cm³/mol. The van der Waals surface area contributed by atoms with Crippen LogP contribution in [-0.2, 0) is 0 Å². The van der Waals surface area contributed by atoms with Gasteiger partial charge in [0, 0.05) is 30.2 Å². The quantitative estimate of drug-likeness (QED) is 0.885. The SMILES string of the molecule is Cc1c(C(=O)N2CCNC(C)C2C)cnn1-c1cccc(Cl)c1.Cl. The fourth-order valence-electron chi connectivity index (χ4n) is 2.99. The summed E-state index contributed by atoms with van der Waals surface area (Å²) < 4.78 is 1.76. The van der Waals surface area contributed by atoms with Gasteiger partial charge in [-0.3, -0.25) is 4.79 Å². The number of hydrogen-bond donors (Lipinski definition) is 1. The minimum atomic E-state index is 0. The van der Waals surface area contributed by atoms with E-state index in [1.165, 1.54) is 0 Å². The van der Waals surface area contributed by atoms with Crippen LogP contribution in [0, 0.1) is 6.92 Å². The minimum absolute atomic E-state index is 0. The fraction of sp³-hybridized carbons (Fsp3) is 0.412. The van der Waals surface area contributed by atoms with Crippen LogP contribution in [0.3, 0.4) is 0 Å². The Bertz CT molecular complexity index is 731. The zero-order chi connectivity index (χ0) is 16.6. The van der Waals surface area contributed by atoms with Gasteiger partial charge in [-0.25, -0.2) is 4.68 Å². The largest absolute Gasteiger partial charge is 0.333 e. The van der Waals surface area contributed by atoms with E-state index in [4.69, 9.17) is 11.6 Å². The maximum Gasteiger partial charge on any atom is 0.257 e. The van der Waals surface area contributed by atoms with Crippen LogP contribution in [0.5, 0.6) is 0 Å². The van der Waals surface area contributed by atoms with Gasteiger partial charge in [0.15, 0.2) is 0 Å². The number of halogens is 2. The van der Waals surface area contributed by atoms with E-state index >= 15 is 0 Å². The van der Waals surface area contributed by atoms with Crippen molar-refractivity contribution < 1.29 is 4.79 Å². The van der Waals surface area contributed by atoms with Crippen LogP contribution in [0.4, 0.5) is 0 Å². The molecule has 1 aromatic heterocycles. The molecule has 1 aromatic carbocycles. The van der Waals surface area contributed by atoms with Gasteiger partial charge in [-0.2, -0.15) is 5.10 Å². The summed E-state index contributed by atoms with van der Waals surface area (Å²) in [5.74, 6) is 0.0385. The molecule has 0 spiro atoms. The van der Waals surface area contributed by atoms with Gasteiger partial charge in [0.05, 0.1) is 23.1 Å². The van der Waals surface area contributed by atoms with Gasteiger partial charge >= 0.3 is 0 Å². The summed E-state index contributed by atoms with van der Waals surface area (Å²) in [5.41, 5.74) is 2.33. The van der Waals surface area contributed by atoms with Crippen molar-refractivity contribution in [3.63, 3.8) is 0 Å². The third-order valence-electron chi connectivity index (χ3n) is 4.59. The molecule has 2 aromatic rings. The van der Waals surface area contributed by atoms with Gasteiger partial charge in [-0.05, 0) is 39.0 Å². The van der Waals surface area contributed by atoms with Crippen LogP contribution in [-0.4, -0.2) is 45.8 Å². The average Bonchev–Trinajstić information content (AvgIpc) is 2.91. The first-order valence-electron chi connectivity index (χ1n) is 7.84. The second-order valence-electron chi connectivity index (χ2n) is 6.02. The number of carbonyl (C=O) groups excluding carboxylic acids is 1. The van der Waals surface area contributed by atoms with E-state index in [1.54, 1.807) is 10.9 Å². The Labute approximate surface area is 153 Å². The number of aromatic nitrogens is 2. The summed E-state index contributed by atoms with van der Waals surface area (Å²) in [6.45, 7) is 7.63. The van der Waals surface area contributed by atoms with Crippen molar-refractivity contribution in [1.82, 2.24) is 20.0 Å². The van der Waals surface area contributed by atoms with Gasteiger partial charge in [0.25, 0.3) is 5.91 Å². The molecule has 1 N–H and O–H groups in total. The number of rotatable bonds is 2. The molecule has 130 valence electrons. The van der Waals surface area contributed by atoms with Crippen molar-refractivity contribution in [2.75, 3.05) is 13.1 Å². The lowest BCUT2D eigenvalue weighted by atomic mass is 10.1. The van der Waals surface area contributed by atoms with Crippen molar-refractivity contribution >= 4 is 29.9 Å². The van der Waals surface area contributed by atoms with E-state index in [-0.39, 0.29) is 30.4 Å². The summed E-state index contributed by atoms with van der Waals surface area (Å²) >= 11 is 6.05. The molecule has 0 bridgehead atoms. The number of hydrogen-bond acceptors (Lipinski definition) is 3. The van der Waals surface area contributed by atoms with Crippen molar-refractivity contribution in [2.24, 2.45) is 0 Å². The molecule has 2 unspecified atom stereocenters. The van der Waals surface area contributed by atoms with E-state index in [1.807, 2.05) is 36.1 Å². The van der Waals surface area contributed by atoms with Crippen LogP contribution in [0.2, 0.25) is 5.02 Å². The highest BCUT2D eigenvalue weighted by Crippen LogP contribution is 2.20. The Morgan fingerprint density at radius 1 is 1.38 bits per heavy atom. The molecule has 5 nitrogen and oxygen atoms in total. The van der Waals surface area contributed by atoms with Crippen molar-refractivity contribution in [2.45, 2.75) is 32.9 Å². The van der Waals surface area contributed by atoms with E-state index in [0.717, 1.165) is 17.9 Å². The van der Waals surface area contributed by atoms with Crippen LogP contribution in [0.15, 0.2) is 30.5 Å². The highest BCUT2D eigenvalue weighted by Gasteiger charge is 2.30. The second-order valence-corrected chi connectivity index (χ2v) is 6.45. The molecule has 1 fully saturated rings. The van der Waals surface area contributed by atoms with E-state index in [9.17, 15) is 4.79 Å². The zero-order valence-electron chi connectivity index (χ0n) is 14.0. The predicted octanol–water partition coefficient (Wildman–Crippen LogP) is 3.08. The number of nitrogens with one attached hydrogen (secondary N) is 1. The number of piperazine rings is 1. The monoisotopic (exact) mass is 368 g/mol. The maximum atomic E-state index is 12.9. The maximum absolute atomic E-state index is 12.9. The lowest BCUT2D eigenvalue weighted by Gasteiger charge is -2.38. The van der Waals surface area contributed by atoms with Gasteiger partial charge in [-0.15, -0.1) is 12.4 Å². The summed E-state index contributed by atoms with van der Waals surface area (Å²) in [5, 5.41) is 8.42. The first kappa shape index (κ1) is 18.8. The van der Waals surface area contributed by atoms with Crippen molar-refractivity contribution in [3.05, 3.63) is 46.7 Å². The number of amides is 1. The molecule has 0 radical (unpaired) electrons. The molecule has 24 heavy (non-hydrogen) atoms. The Hall–Kier alpha value is -1.56. The fourth-order valence-corrected chi connectivity index (χ4v) is 3.17. The zero-order valence-corrected chi connectivity index (χ0v) is 15.6. The summed E-state index contributed by atoms with van der Waals surface area (Å²) in [4.78, 5) is 14.8. The van der Waals surface area contributed by atoms with Crippen molar-refractivity contribution in [1.29, 1.82) is 0 Å². The highest BCUT2D eigenvalue weighted by molar-refractivity contribution is 6.30.